The first kappa shape index (κ1) is 11.7. The number of aliphatic hydroxyl groups is 1. The Bertz CT molecular complexity index is 347. The molecular weight excluding hydrogens is 212 g/mol. The molecule has 2 aliphatic carbocycles. The van der Waals surface area contributed by atoms with Gasteiger partial charge in [0.25, 0.3) is 0 Å². The standard InChI is InChI=1S/C15H24O2/c1-10-4-5-13-15(9-16,17-13)7-6-12-11(10)8-14(12,2)3/h11-13,16H,1,4-9H2,2-3H3/t11-,12-,13-,15-/m1/s1. The highest BCUT2D eigenvalue weighted by Gasteiger charge is 2.58. The van der Waals surface area contributed by atoms with E-state index < -0.39 is 0 Å². The minimum atomic E-state index is -0.180. The van der Waals surface area contributed by atoms with Crippen molar-refractivity contribution in [2.75, 3.05) is 6.61 Å². The number of aliphatic hydroxyl groups excluding tert-OH is 1. The Morgan fingerprint density at radius 3 is 2.82 bits per heavy atom. The van der Waals surface area contributed by atoms with Crippen molar-refractivity contribution >= 4 is 0 Å². The molecule has 0 spiro atoms. The molecule has 3 fully saturated rings. The highest BCUT2D eigenvalue weighted by molar-refractivity contribution is 5.16. The maximum atomic E-state index is 9.52. The van der Waals surface area contributed by atoms with Crippen LogP contribution in [0.15, 0.2) is 12.2 Å². The number of hydrogen-bond acceptors (Lipinski definition) is 2. The number of rotatable bonds is 1. The number of fused-ring (bicyclic) bond motifs is 2. The smallest absolute Gasteiger partial charge is 0.118 e. The van der Waals surface area contributed by atoms with Crippen LogP contribution in [0.5, 0.6) is 0 Å². The zero-order chi connectivity index (χ0) is 12.3. The summed E-state index contributed by atoms with van der Waals surface area (Å²) >= 11 is 0. The first-order valence-electron chi connectivity index (χ1n) is 6.95. The summed E-state index contributed by atoms with van der Waals surface area (Å²) in [6.45, 7) is 9.23. The van der Waals surface area contributed by atoms with Gasteiger partial charge in [0.05, 0.1) is 12.7 Å². The van der Waals surface area contributed by atoms with Gasteiger partial charge in [0.1, 0.15) is 5.60 Å². The Morgan fingerprint density at radius 1 is 1.41 bits per heavy atom. The molecule has 0 unspecified atom stereocenters. The summed E-state index contributed by atoms with van der Waals surface area (Å²) < 4.78 is 5.76. The first-order chi connectivity index (χ1) is 7.98. The van der Waals surface area contributed by atoms with E-state index in [2.05, 4.69) is 20.4 Å². The van der Waals surface area contributed by atoms with Crippen LogP contribution in [0.3, 0.4) is 0 Å². The lowest BCUT2D eigenvalue weighted by molar-refractivity contribution is -0.00507. The largest absolute Gasteiger partial charge is 0.393 e. The molecule has 0 radical (unpaired) electrons. The molecule has 96 valence electrons. The lowest BCUT2D eigenvalue weighted by Gasteiger charge is -2.53. The van der Waals surface area contributed by atoms with Crippen molar-refractivity contribution in [2.24, 2.45) is 17.3 Å². The Morgan fingerprint density at radius 2 is 2.18 bits per heavy atom. The zero-order valence-corrected chi connectivity index (χ0v) is 11.0. The molecule has 2 heteroatoms. The van der Waals surface area contributed by atoms with Crippen LogP contribution < -0.4 is 0 Å². The molecule has 4 atom stereocenters. The molecule has 2 nitrogen and oxygen atoms in total. The van der Waals surface area contributed by atoms with Crippen molar-refractivity contribution in [2.45, 2.75) is 57.7 Å². The zero-order valence-electron chi connectivity index (χ0n) is 11.0. The number of hydrogen-bond donors (Lipinski definition) is 1. The monoisotopic (exact) mass is 236 g/mol. The van der Waals surface area contributed by atoms with Crippen LogP contribution in [0.25, 0.3) is 0 Å². The van der Waals surface area contributed by atoms with E-state index in [1.807, 2.05) is 0 Å². The van der Waals surface area contributed by atoms with E-state index in [1.54, 1.807) is 0 Å². The summed E-state index contributed by atoms with van der Waals surface area (Å²) in [5.41, 5.74) is 1.71. The molecule has 2 saturated carbocycles. The van der Waals surface area contributed by atoms with Crippen LogP contribution in [0, 0.1) is 17.3 Å². The van der Waals surface area contributed by atoms with Crippen molar-refractivity contribution in [3.63, 3.8) is 0 Å². The number of epoxide rings is 1. The highest BCUT2D eigenvalue weighted by atomic mass is 16.6. The molecule has 0 amide bonds. The van der Waals surface area contributed by atoms with Crippen molar-refractivity contribution < 1.29 is 9.84 Å². The Kier molecular flexibility index (Phi) is 2.47. The van der Waals surface area contributed by atoms with Crippen LogP contribution >= 0.6 is 0 Å². The predicted octanol–water partition coefficient (Wildman–Crippen LogP) is 2.91. The third-order valence-corrected chi connectivity index (χ3v) is 5.54. The SMILES string of the molecule is C=C1CC[C@H]2O[C@@]2(CO)CC[C@@H]2[C@@H]1CC2(C)C. The summed E-state index contributed by atoms with van der Waals surface area (Å²) in [7, 11) is 0. The summed E-state index contributed by atoms with van der Waals surface area (Å²) in [6.07, 6.45) is 5.96. The van der Waals surface area contributed by atoms with E-state index in [0.29, 0.717) is 11.5 Å². The minimum Gasteiger partial charge on any atom is -0.393 e. The fourth-order valence-electron chi connectivity index (χ4n) is 4.18. The van der Waals surface area contributed by atoms with Crippen LogP contribution in [0.1, 0.15) is 46.0 Å². The maximum Gasteiger partial charge on any atom is 0.118 e. The molecule has 3 rings (SSSR count). The average molecular weight is 236 g/mol. The van der Waals surface area contributed by atoms with Gasteiger partial charge in [-0.25, -0.2) is 0 Å². The van der Waals surface area contributed by atoms with Gasteiger partial charge in [0.15, 0.2) is 0 Å². The van der Waals surface area contributed by atoms with Crippen LogP contribution in [-0.4, -0.2) is 23.4 Å². The van der Waals surface area contributed by atoms with Gasteiger partial charge < -0.3 is 9.84 Å². The third-order valence-electron chi connectivity index (χ3n) is 5.54. The number of allylic oxidation sites excluding steroid dienone is 1. The Hall–Kier alpha value is -0.340. The van der Waals surface area contributed by atoms with E-state index in [-0.39, 0.29) is 12.2 Å². The molecule has 0 bridgehead atoms. The van der Waals surface area contributed by atoms with E-state index in [4.69, 9.17) is 4.74 Å². The van der Waals surface area contributed by atoms with E-state index in [0.717, 1.165) is 31.1 Å². The molecule has 1 aliphatic heterocycles. The van der Waals surface area contributed by atoms with Gasteiger partial charge >= 0.3 is 0 Å². The summed E-state index contributed by atoms with van der Waals surface area (Å²) in [4.78, 5) is 0. The van der Waals surface area contributed by atoms with Gasteiger partial charge in [-0.2, -0.15) is 0 Å². The first-order valence-corrected chi connectivity index (χ1v) is 6.95. The molecule has 0 aromatic carbocycles. The topological polar surface area (TPSA) is 32.8 Å². The molecule has 0 aromatic heterocycles. The van der Waals surface area contributed by atoms with E-state index >= 15 is 0 Å². The van der Waals surface area contributed by atoms with E-state index in [9.17, 15) is 5.11 Å². The predicted molar refractivity (Wildman–Crippen MR) is 67.7 cm³/mol. The van der Waals surface area contributed by atoms with Crippen LogP contribution in [0.4, 0.5) is 0 Å². The minimum absolute atomic E-state index is 0.180. The van der Waals surface area contributed by atoms with Crippen LogP contribution in [-0.2, 0) is 4.74 Å². The van der Waals surface area contributed by atoms with Gasteiger partial charge in [0, 0.05) is 0 Å². The second kappa shape index (κ2) is 3.58. The average Bonchev–Trinajstić information content (AvgIpc) is 2.96. The fraction of sp³-hybridized carbons (Fsp3) is 0.867. The molecule has 3 aliphatic rings. The third kappa shape index (κ3) is 1.68. The molecule has 0 aromatic rings. The highest BCUT2D eigenvalue weighted by Crippen LogP contribution is 2.59. The summed E-state index contributed by atoms with van der Waals surface area (Å²) in [5, 5.41) is 9.52. The van der Waals surface area contributed by atoms with Crippen LogP contribution in [0.2, 0.25) is 0 Å². The lowest BCUT2D eigenvalue weighted by Crippen LogP contribution is -2.45. The van der Waals surface area contributed by atoms with Crippen molar-refractivity contribution in [3.8, 4) is 0 Å². The number of ether oxygens (including phenoxy) is 1. The molecular formula is C15H24O2. The second-order valence-electron chi connectivity index (χ2n) is 6.97. The maximum absolute atomic E-state index is 9.52. The molecule has 1 N–H and O–H groups in total. The van der Waals surface area contributed by atoms with Gasteiger partial charge in [-0.15, -0.1) is 0 Å². The molecule has 17 heavy (non-hydrogen) atoms. The summed E-state index contributed by atoms with van der Waals surface area (Å²) in [6, 6.07) is 0. The van der Waals surface area contributed by atoms with Gasteiger partial charge in [-0.05, 0) is 49.4 Å². The fourth-order valence-corrected chi connectivity index (χ4v) is 4.18. The second-order valence-corrected chi connectivity index (χ2v) is 6.97. The quantitative estimate of drug-likeness (QED) is 0.561. The van der Waals surface area contributed by atoms with Gasteiger partial charge in [-0.3, -0.25) is 0 Å². The van der Waals surface area contributed by atoms with Gasteiger partial charge in [0.2, 0.25) is 0 Å². The molecule has 1 heterocycles. The van der Waals surface area contributed by atoms with E-state index in [1.165, 1.54) is 18.4 Å². The summed E-state index contributed by atoms with van der Waals surface area (Å²) in [5.74, 6) is 1.49. The van der Waals surface area contributed by atoms with Gasteiger partial charge in [-0.1, -0.05) is 26.0 Å². The van der Waals surface area contributed by atoms with Crippen molar-refractivity contribution in [3.05, 3.63) is 12.2 Å². The molecule has 1 saturated heterocycles. The normalized spacial score (nSPS) is 47.9. The lowest BCUT2D eigenvalue weighted by atomic mass is 9.52. The van der Waals surface area contributed by atoms with Crippen molar-refractivity contribution in [1.82, 2.24) is 0 Å². The Balaban J connectivity index is 1.77. The Labute approximate surface area is 104 Å². The van der Waals surface area contributed by atoms with Crippen molar-refractivity contribution in [1.29, 1.82) is 0 Å².